The van der Waals surface area contributed by atoms with Gasteiger partial charge in [-0.25, -0.2) is 18.4 Å². The molecule has 1 heterocycles. The summed E-state index contributed by atoms with van der Waals surface area (Å²) in [7, 11) is -3.24. The standard InChI is InChI=1S/C13H13N3O4S/c1-21(18,19)10-4-2-9(3-5-10)11-6-15-13(14)12(16-11)7-20-8-17/h2-6,8H,7H2,1H3,(H2,14,15). The summed E-state index contributed by atoms with van der Waals surface area (Å²) in [6, 6.07) is 6.23. The minimum atomic E-state index is -3.24. The summed E-state index contributed by atoms with van der Waals surface area (Å²) in [4.78, 5) is 18.7. The molecule has 0 amide bonds. The van der Waals surface area contributed by atoms with E-state index in [2.05, 4.69) is 14.7 Å². The number of sulfone groups is 1. The van der Waals surface area contributed by atoms with E-state index in [0.29, 0.717) is 23.4 Å². The van der Waals surface area contributed by atoms with Crippen molar-refractivity contribution in [2.45, 2.75) is 11.5 Å². The molecule has 0 aliphatic rings. The molecule has 1 aromatic heterocycles. The third-order valence-electron chi connectivity index (χ3n) is 2.74. The van der Waals surface area contributed by atoms with Crippen LogP contribution in [0.5, 0.6) is 0 Å². The molecule has 0 fully saturated rings. The first-order chi connectivity index (χ1) is 9.91. The lowest BCUT2D eigenvalue weighted by Gasteiger charge is -2.07. The van der Waals surface area contributed by atoms with E-state index < -0.39 is 9.84 Å². The average Bonchev–Trinajstić information content (AvgIpc) is 2.46. The zero-order chi connectivity index (χ0) is 15.5. The fraction of sp³-hybridized carbons (Fsp3) is 0.154. The van der Waals surface area contributed by atoms with Crippen LogP contribution in [0.2, 0.25) is 0 Å². The van der Waals surface area contributed by atoms with Crippen molar-refractivity contribution in [2.24, 2.45) is 0 Å². The normalized spacial score (nSPS) is 11.1. The third-order valence-corrected chi connectivity index (χ3v) is 3.87. The predicted octanol–water partition coefficient (Wildman–Crippen LogP) is 0.802. The van der Waals surface area contributed by atoms with E-state index in [1.165, 1.54) is 18.3 Å². The van der Waals surface area contributed by atoms with Gasteiger partial charge in [0.1, 0.15) is 18.1 Å². The predicted molar refractivity (Wildman–Crippen MR) is 75.8 cm³/mol. The van der Waals surface area contributed by atoms with Crippen molar-refractivity contribution in [3.05, 3.63) is 36.2 Å². The Morgan fingerprint density at radius 3 is 2.52 bits per heavy atom. The largest absolute Gasteiger partial charge is 0.461 e. The molecule has 0 bridgehead atoms. The zero-order valence-electron chi connectivity index (χ0n) is 11.2. The van der Waals surface area contributed by atoms with E-state index in [-0.39, 0.29) is 17.3 Å². The molecule has 2 N–H and O–H groups in total. The van der Waals surface area contributed by atoms with Crippen LogP contribution in [0.3, 0.4) is 0 Å². The van der Waals surface area contributed by atoms with Gasteiger partial charge in [-0.2, -0.15) is 0 Å². The summed E-state index contributed by atoms with van der Waals surface area (Å²) in [6.45, 7) is 0.228. The Bertz CT molecular complexity index is 757. The van der Waals surface area contributed by atoms with Gasteiger partial charge in [0.25, 0.3) is 6.47 Å². The van der Waals surface area contributed by atoms with E-state index in [0.717, 1.165) is 6.26 Å². The van der Waals surface area contributed by atoms with Crippen molar-refractivity contribution in [3.8, 4) is 11.3 Å². The second-order valence-corrected chi connectivity index (χ2v) is 6.31. The third kappa shape index (κ3) is 3.54. The van der Waals surface area contributed by atoms with Gasteiger partial charge in [0.15, 0.2) is 9.84 Å². The van der Waals surface area contributed by atoms with Crippen LogP contribution in [0, 0.1) is 0 Å². The van der Waals surface area contributed by atoms with Crippen LogP contribution >= 0.6 is 0 Å². The van der Waals surface area contributed by atoms with Crippen molar-refractivity contribution in [2.75, 3.05) is 12.0 Å². The minimum absolute atomic E-state index is 0.0718. The number of nitrogen functional groups attached to an aromatic ring is 1. The maximum Gasteiger partial charge on any atom is 0.293 e. The van der Waals surface area contributed by atoms with E-state index >= 15 is 0 Å². The lowest BCUT2D eigenvalue weighted by molar-refractivity contribution is -0.129. The number of hydrogen-bond acceptors (Lipinski definition) is 7. The average molecular weight is 307 g/mol. The van der Waals surface area contributed by atoms with Crippen LogP contribution in [0.25, 0.3) is 11.3 Å². The maximum absolute atomic E-state index is 11.4. The number of benzene rings is 1. The highest BCUT2D eigenvalue weighted by atomic mass is 32.2. The Labute approximate surface area is 121 Å². The van der Waals surface area contributed by atoms with Gasteiger partial charge in [0.05, 0.1) is 16.8 Å². The summed E-state index contributed by atoms with van der Waals surface area (Å²) in [5.41, 5.74) is 7.17. The molecule has 2 aromatic rings. The molecule has 0 saturated carbocycles. The first-order valence-corrected chi connectivity index (χ1v) is 7.78. The van der Waals surface area contributed by atoms with Gasteiger partial charge in [0.2, 0.25) is 0 Å². The molecule has 7 nitrogen and oxygen atoms in total. The molecule has 2 rings (SSSR count). The molecule has 0 radical (unpaired) electrons. The van der Waals surface area contributed by atoms with Crippen LogP contribution in [-0.2, 0) is 26.0 Å². The Morgan fingerprint density at radius 1 is 1.29 bits per heavy atom. The minimum Gasteiger partial charge on any atom is -0.461 e. The van der Waals surface area contributed by atoms with E-state index in [9.17, 15) is 13.2 Å². The van der Waals surface area contributed by atoms with Gasteiger partial charge in [-0.05, 0) is 12.1 Å². The lowest BCUT2D eigenvalue weighted by Crippen LogP contribution is -2.04. The topological polar surface area (TPSA) is 112 Å². The number of ether oxygens (including phenoxy) is 1. The number of anilines is 1. The maximum atomic E-state index is 11.4. The van der Waals surface area contributed by atoms with Crippen molar-refractivity contribution >= 4 is 22.1 Å². The second-order valence-electron chi connectivity index (χ2n) is 4.29. The molecule has 0 atom stereocenters. The van der Waals surface area contributed by atoms with Gasteiger partial charge >= 0.3 is 0 Å². The molecule has 110 valence electrons. The molecule has 0 spiro atoms. The van der Waals surface area contributed by atoms with E-state index in [1.807, 2.05) is 0 Å². The Morgan fingerprint density at radius 2 is 1.95 bits per heavy atom. The van der Waals surface area contributed by atoms with Crippen molar-refractivity contribution in [1.29, 1.82) is 0 Å². The van der Waals surface area contributed by atoms with Crippen molar-refractivity contribution in [1.82, 2.24) is 9.97 Å². The highest BCUT2D eigenvalue weighted by Crippen LogP contribution is 2.20. The monoisotopic (exact) mass is 307 g/mol. The molecule has 1 aromatic carbocycles. The first-order valence-electron chi connectivity index (χ1n) is 5.89. The highest BCUT2D eigenvalue weighted by molar-refractivity contribution is 7.90. The van der Waals surface area contributed by atoms with Crippen molar-refractivity contribution in [3.63, 3.8) is 0 Å². The lowest BCUT2D eigenvalue weighted by atomic mass is 10.1. The Balaban J connectivity index is 2.35. The summed E-state index contributed by atoms with van der Waals surface area (Å²) in [6.07, 6.45) is 2.61. The number of rotatable bonds is 5. The quantitative estimate of drug-likeness (QED) is 0.813. The molecule has 0 unspecified atom stereocenters. The van der Waals surface area contributed by atoms with Crippen LogP contribution < -0.4 is 5.73 Å². The number of carbonyl (C=O) groups is 1. The van der Waals surface area contributed by atoms with Gasteiger partial charge in [0, 0.05) is 11.8 Å². The summed E-state index contributed by atoms with van der Waals surface area (Å²) >= 11 is 0. The SMILES string of the molecule is CS(=O)(=O)c1ccc(-c2cnc(N)c(COC=O)n2)cc1. The summed E-state index contributed by atoms with van der Waals surface area (Å²) < 4.78 is 27.4. The fourth-order valence-corrected chi connectivity index (χ4v) is 2.30. The fourth-order valence-electron chi connectivity index (χ4n) is 1.67. The number of nitrogens with zero attached hydrogens (tertiary/aromatic N) is 2. The van der Waals surface area contributed by atoms with Crippen LogP contribution in [0.15, 0.2) is 35.4 Å². The molecule has 8 heteroatoms. The highest BCUT2D eigenvalue weighted by Gasteiger charge is 2.10. The van der Waals surface area contributed by atoms with E-state index in [4.69, 9.17) is 5.73 Å². The van der Waals surface area contributed by atoms with Gasteiger partial charge in [-0.3, -0.25) is 4.79 Å². The number of carbonyl (C=O) groups excluding carboxylic acids is 1. The molecule has 0 aliphatic carbocycles. The molecule has 21 heavy (non-hydrogen) atoms. The Hall–Kier alpha value is -2.48. The molecular formula is C13H13N3O4S. The Kier molecular flexibility index (Phi) is 4.18. The van der Waals surface area contributed by atoms with Crippen molar-refractivity contribution < 1.29 is 17.9 Å². The second kappa shape index (κ2) is 5.88. The van der Waals surface area contributed by atoms with Crippen LogP contribution in [-0.4, -0.2) is 31.1 Å². The van der Waals surface area contributed by atoms with Gasteiger partial charge in [-0.15, -0.1) is 0 Å². The smallest absolute Gasteiger partial charge is 0.293 e. The first kappa shape index (κ1) is 14.9. The number of nitrogens with two attached hydrogens (primary N) is 1. The van der Waals surface area contributed by atoms with Crippen LogP contribution in [0.1, 0.15) is 5.69 Å². The number of aromatic nitrogens is 2. The van der Waals surface area contributed by atoms with Gasteiger partial charge < -0.3 is 10.5 Å². The van der Waals surface area contributed by atoms with Gasteiger partial charge in [-0.1, -0.05) is 12.1 Å². The van der Waals surface area contributed by atoms with Crippen LogP contribution in [0.4, 0.5) is 5.82 Å². The molecular weight excluding hydrogens is 294 g/mol. The zero-order valence-corrected chi connectivity index (χ0v) is 12.0. The summed E-state index contributed by atoms with van der Waals surface area (Å²) in [5, 5.41) is 0. The summed E-state index contributed by atoms with van der Waals surface area (Å²) in [5.74, 6) is 0.174. The molecule has 0 saturated heterocycles. The molecule has 0 aliphatic heterocycles. The van der Waals surface area contributed by atoms with E-state index in [1.54, 1.807) is 12.1 Å². The number of hydrogen-bond donors (Lipinski definition) is 1.